The number of aromatic nitrogens is 4. The summed E-state index contributed by atoms with van der Waals surface area (Å²) in [7, 11) is 13.8. The molecule has 0 saturated heterocycles. The van der Waals surface area contributed by atoms with Crippen LogP contribution in [0.5, 0.6) is 5.75 Å². The fourth-order valence-corrected chi connectivity index (χ4v) is 7.74. The first-order chi connectivity index (χ1) is 26.9. The molecule has 4 N–H and O–H groups in total. The SMILES string of the molecule is Cc1ccc(C2=c3ccc([nH]3)=Cc3ccc([nH]3)C(c3ccc(OCCC[N+](C)(C)CCCN(C)CCC[N+](C)(C)C)cc3)=c3ccc([nH]3)=Cc3ccc2[nH]3)cc1. The standard InChI is InChI=1S/C48H61N7O/c1-35-11-13-36(14-12-35)47-43-23-17-38(49-43)33-40-19-25-45(51-40)48(46-26-20-41(52-46)34-39-18-24-44(47)50-39)37-15-21-42(22-16-37)56-32-10-31-55(6,7)30-9-28-53(2)27-8-29-54(3,4)5/h11-26,33-34,49-52H,8-10,27-32H2,1-7H3/q+2. The first kappa shape index (κ1) is 39.0. The van der Waals surface area contributed by atoms with Crippen molar-refractivity contribution in [2.75, 3.05) is 81.6 Å². The van der Waals surface area contributed by atoms with Gasteiger partial charge in [0.25, 0.3) is 0 Å². The van der Waals surface area contributed by atoms with E-state index in [2.05, 4.69) is 183 Å². The Morgan fingerprint density at radius 1 is 0.536 bits per heavy atom. The zero-order valence-corrected chi connectivity index (χ0v) is 34.5. The van der Waals surface area contributed by atoms with Crippen LogP contribution in [0.2, 0.25) is 0 Å². The third-order valence-corrected chi connectivity index (χ3v) is 10.9. The number of nitrogens with one attached hydrogen (secondary N) is 4. The highest BCUT2D eigenvalue weighted by Gasteiger charge is 2.16. The van der Waals surface area contributed by atoms with E-state index in [1.807, 2.05) is 0 Å². The van der Waals surface area contributed by atoms with E-state index in [1.165, 1.54) is 38.0 Å². The lowest BCUT2D eigenvalue weighted by atomic mass is 10.0. The molecule has 0 amide bonds. The Hall–Kier alpha value is -5.28. The van der Waals surface area contributed by atoms with Crippen LogP contribution < -0.4 is 26.1 Å². The largest absolute Gasteiger partial charge is 0.493 e. The molecule has 0 saturated carbocycles. The molecule has 7 rings (SSSR count). The van der Waals surface area contributed by atoms with Crippen molar-refractivity contribution in [2.24, 2.45) is 0 Å². The van der Waals surface area contributed by atoms with Gasteiger partial charge in [0.05, 0.1) is 61.5 Å². The number of fused-ring (bicyclic) bond motifs is 8. The number of nitrogens with zero attached hydrogens (tertiary/aromatic N) is 3. The van der Waals surface area contributed by atoms with Crippen molar-refractivity contribution in [1.82, 2.24) is 24.8 Å². The Balaban J connectivity index is 1.06. The first-order valence-corrected chi connectivity index (χ1v) is 20.2. The summed E-state index contributed by atoms with van der Waals surface area (Å²) < 4.78 is 8.33. The smallest absolute Gasteiger partial charge is 0.119 e. The third kappa shape index (κ3) is 10.1. The van der Waals surface area contributed by atoms with Crippen LogP contribution in [-0.2, 0) is 0 Å². The second-order valence-corrected chi connectivity index (χ2v) is 17.3. The minimum Gasteiger partial charge on any atom is -0.493 e. The average Bonchev–Trinajstić information content (AvgIpc) is 3.98. The molecule has 0 spiro atoms. The van der Waals surface area contributed by atoms with Gasteiger partial charge in [-0.1, -0.05) is 42.0 Å². The molecule has 0 fully saturated rings. The Morgan fingerprint density at radius 2 is 1.04 bits per heavy atom. The van der Waals surface area contributed by atoms with Crippen LogP contribution in [-0.4, -0.2) is 115 Å². The Labute approximate surface area is 332 Å². The molecule has 4 aromatic heterocycles. The molecule has 0 unspecified atom stereocenters. The molecule has 8 bridgehead atoms. The average molecular weight is 752 g/mol. The Kier molecular flexibility index (Phi) is 11.7. The molecule has 8 nitrogen and oxygen atoms in total. The molecule has 2 aromatic carbocycles. The summed E-state index contributed by atoms with van der Waals surface area (Å²) >= 11 is 0. The van der Waals surface area contributed by atoms with Gasteiger partial charge in [-0.15, -0.1) is 0 Å². The van der Waals surface area contributed by atoms with Crippen molar-refractivity contribution >= 4 is 23.3 Å². The van der Waals surface area contributed by atoms with E-state index in [0.717, 1.165) is 101 Å². The molecular formula is C48H61N7O+2. The molecule has 6 aromatic rings. The van der Waals surface area contributed by atoms with Gasteiger partial charge in [-0.2, -0.15) is 0 Å². The Bertz CT molecular complexity index is 2470. The fourth-order valence-electron chi connectivity index (χ4n) is 7.74. The number of quaternary nitrogens is 2. The summed E-state index contributed by atoms with van der Waals surface area (Å²) in [6.45, 7) is 8.64. The van der Waals surface area contributed by atoms with E-state index in [-0.39, 0.29) is 0 Å². The molecule has 0 radical (unpaired) electrons. The van der Waals surface area contributed by atoms with E-state index < -0.39 is 0 Å². The molecule has 8 heteroatoms. The van der Waals surface area contributed by atoms with Gasteiger partial charge in [0.15, 0.2) is 0 Å². The maximum Gasteiger partial charge on any atom is 0.119 e. The Morgan fingerprint density at radius 3 is 1.57 bits per heavy atom. The zero-order valence-electron chi connectivity index (χ0n) is 34.5. The fraction of sp³-hybridized carbons (Fsp3) is 0.333. The van der Waals surface area contributed by atoms with Crippen LogP contribution >= 0.6 is 0 Å². The van der Waals surface area contributed by atoms with Crippen LogP contribution in [0.25, 0.3) is 23.3 Å². The van der Waals surface area contributed by atoms with Crippen LogP contribution in [0.15, 0.2) is 97.1 Å². The summed E-state index contributed by atoms with van der Waals surface area (Å²) in [5, 5.41) is 4.16. The summed E-state index contributed by atoms with van der Waals surface area (Å²) in [5.74, 6) is 0.899. The van der Waals surface area contributed by atoms with Crippen molar-refractivity contribution in [2.45, 2.75) is 26.2 Å². The molecule has 1 aliphatic heterocycles. The number of hydrogen-bond acceptors (Lipinski definition) is 2. The van der Waals surface area contributed by atoms with Gasteiger partial charge < -0.3 is 38.5 Å². The van der Waals surface area contributed by atoms with Crippen LogP contribution in [0.1, 0.15) is 58.7 Å². The van der Waals surface area contributed by atoms with Crippen molar-refractivity contribution in [1.29, 1.82) is 0 Å². The lowest BCUT2D eigenvalue weighted by Gasteiger charge is -2.31. The molecule has 5 heterocycles. The monoisotopic (exact) mass is 751 g/mol. The van der Waals surface area contributed by atoms with Gasteiger partial charge in [-0.25, -0.2) is 0 Å². The van der Waals surface area contributed by atoms with Crippen molar-refractivity contribution in [3.05, 3.63) is 158 Å². The predicted octanol–water partition coefficient (Wildman–Crippen LogP) is 5.04. The normalized spacial score (nSPS) is 13.2. The van der Waals surface area contributed by atoms with E-state index in [4.69, 9.17) is 4.74 Å². The second-order valence-electron chi connectivity index (χ2n) is 17.3. The molecular weight excluding hydrogens is 691 g/mol. The molecule has 0 aliphatic carbocycles. The number of ether oxygens (including phenoxy) is 1. The molecule has 292 valence electrons. The second kappa shape index (κ2) is 16.8. The number of rotatable bonds is 15. The summed E-state index contributed by atoms with van der Waals surface area (Å²) in [6.07, 6.45) is 7.81. The minimum atomic E-state index is 0.708. The lowest BCUT2D eigenvalue weighted by Crippen LogP contribution is -2.43. The summed E-state index contributed by atoms with van der Waals surface area (Å²) in [5.41, 5.74) is 9.92. The minimum absolute atomic E-state index is 0.708. The van der Waals surface area contributed by atoms with Crippen molar-refractivity contribution < 1.29 is 13.7 Å². The first-order valence-electron chi connectivity index (χ1n) is 20.2. The van der Waals surface area contributed by atoms with Gasteiger partial charge in [0, 0.05) is 87.7 Å². The number of benzene rings is 2. The number of H-pyrrole nitrogens is 4. The van der Waals surface area contributed by atoms with Crippen molar-refractivity contribution in [3.8, 4) is 5.75 Å². The van der Waals surface area contributed by atoms with Crippen LogP contribution in [0.3, 0.4) is 0 Å². The van der Waals surface area contributed by atoms with E-state index in [0.29, 0.717) is 6.61 Å². The maximum absolute atomic E-state index is 6.28. The molecule has 1 aliphatic rings. The van der Waals surface area contributed by atoms with E-state index >= 15 is 0 Å². The number of aromatic amines is 4. The van der Waals surface area contributed by atoms with Crippen molar-refractivity contribution in [3.63, 3.8) is 0 Å². The van der Waals surface area contributed by atoms with E-state index in [9.17, 15) is 0 Å². The van der Waals surface area contributed by atoms with Gasteiger partial charge in [0.1, 0.15) is 5.75 Å². The summed E-state index contributed by atoms with van der Waals surface area (Å²) in [6, 6.07) is 34.5. The van der Waals surface area contributed by atoms with Gasteiger partial charge in [-0.05, 0) is 97.9 Å². The van der Waals surface area contributed by atoms with Gasteiger partial charge in [-0.3, -0.25) is 0 Å². The summed E-state index contributed by atoms with van der Waals surface area (Å²) in [4.78, 5) is 17.3. The van der Waals surface area contributed by atoms with Gasteiger partial charge >= 0.3 is 0 Å². The van der Waals surface area contributed by atoms with Gasteiger partial charge in [0.2, 0.25) is 0 Å². The lowest BCUT2D eigenvalue weighted by molar-refractivity contribution is -0.890. The molecule has 0 atom stereocenters. The highest BCUT2D eigenvalue weighted by atomic mass is 16.5. The topological polar surface area (TPSA) is 75.6 Å². The quantitative estimate of drug-likeness (QED) is 0.0877. The highest BCUT2D eigenvalue weighted by molar-refractivity contribution is 5.79. The maximum atomic E-state index is 6.28. The number of aryl methyl sites for hydroxylation is 1. The zero-order chi connectivity index (χ0) is 39.3. The van der Waals surface area contributed by atoms with Crippen LogP contribution in [0.4, 0.5) is 0 Å². The van der Waals surface area contributed by atoms with Crippen LogP contribution in [0, 0.1) is 6.92 Å². The predicted molar refractivity (Wildman–Crippen MR) is 231 cm³/mol. The highest BCUT2D eigenvalue weighted by Crippen LogP contribution is 2.24. The number of hydrogen-bond donors (Lipinski definition) is 4. The molecule has 56 heavy (non-hydrogen) atoms. The van der Waals surface area contributed by atoms with E-state index in [1.54, 1.807) is 0 Å². The third-order valence-electron chi connectivity index (χ3n) is 10.9.